The molecule has 1 radical (unpaired) electrons. The Morgan fingerprint density at radius 2 is 1.38 bits per heavy atom. The van der Waals surface area contributed by atoms with Crippen molar-refractivity contribution >= 4 is 74.6 Å². The summed E-state index contributed by atoms with van der Waals surface area (Å²) in [7, 11) is 0. The van der Waals surface area contributed by atoms with Crippen LogP contribution in [0.5, 0.6) is 5.75 Å². The molecule has 0 spiro atoms. The first-order valence-electron chi connectivity index (χ1n) is 12.9. The predicted molar refractivity (Wildman–Crippen MR) is 174 cm³/mol. The summed E-state index contributed by atoms with van der Waals surface area (Å²) in [4.78, 5) is 15.0. The maximum absolute atomic E-state index is 13.8. The van der Waals surface area contributed by atoms with Crippen LogP contribution in [0, 0.1) is 5.41 Å². The standard InChI is InChI=1S/C33H29O2S4/c1-32(2,3)24-15-21-16-25(33(4,5)6)29(35)23-14-20(13-22(27(21)23)28(24)34)18-7-9-19(10-8-18)26-17-38-31(39-26)30-36-11-12-37-30/h7-17H,1-6H3. The van der Waals surface area contributed by atoms with E-state index in [1.165, 1.54) is 18.9 Å². The summed E-state index contributed by atoms with van der Waals surface area (Å²) in [6, 6.07) is 14.5. The summed E-state index contributed by atoms with van der Waals surface area (Å²) in [5, 5.41) is 21.7. The van der Waals surface area contributed by atoms with Crippen LogP contribution in [0.2, 0.25) is 0 Å². The Balaban J connectivity index is 1.45. The van der Waals surface area contributed by atoms with E-state index in [0.717, 1.165) is 33.2 Å². The molecule has 3 aromatic rings. The fourth-order valence-corrected chi connectivity index (χ4v) is 9.59. The van der Waals surface area contributed by atoms with E-state index in [9.17, 15) is 9.90 Å². The van der Waals surface area contributed by atoms with Crippen molar-refractivity contribution in [3.8, 4) is 16.9 Å². The van der Waals surface area contributed by atoms with E-state index >= 15 is 0 Å². The van der Waals surface area contributed by atoms with Crippen LogP contribution >= 0.6 is 47.0 Å². The average molecular weight is 586 g/mol. The van der Waals surface area contributed by atoms with Gasteiger partial charge in [-0.15, -0.1) is 0 Å². The maximum atomic E-state index is 13.8. The first kappa shape index (κ1) is 26.9. The van der Waals surface area contributed by atoms with Gasteiger partial charge in [-0.25, -0.2) is 0 Å². The number of hydrogen-bond donors (Lipinski definition) is 0. The third-order valence-corrected chi connectivity index (χ3v) is 12.2. The zero-order valence-corrected chi connectivity index (χ0v) is 26.1. The van der Waals surface area contributed by atoms with E-state index in [1.807, 2.05) is 36.0 Å². The molecule has 0 N–H and O–H groups in total. The summed E-state index contributed by atoms with van der Waals surface area (Å²) >= 11 is 7.17. The summed E-state index contributed by atoms with van der Waals surface area (Å²) in [6.07, 6.45) is 2.01. The molecule has 0 amide bonds. The number of allylic oxidation sites excluding steroid dienone is 1. The molecule has 197 valence electrons. The zero-order valence-electron chi connectivity index (χ0n) is 22.8. The second-order valence-electron chi connectivity index (χ2n) is 12.0. The van der Waals surface area contributed by atoms with E-state index in [4.69, 9.17) is 0 Å². The van der Waals surface area contributed by atoms with Crippen LogP contribution < -0.4 is 0 Å². The molecular formula is C33H29O2S4. The van der Waals surface area contributed by atoms with Crippen molar-refractivity contribution in [3.63, 3.8) is 0 Å². The van der Waals surface area contributed by atoms with Gasteiger partial charge in [0, 0.05) is 32.4 Å². The van der Waals surface area contributed by atoms with Crippen LogP contribution in [0.4, 0.5) is 0 Å². The normalized spacial score (nSPS) is 17.3. The Kier molecular flexibility index (Phi) is 6.69. The van der Waals surface area contributed by atoms with Crippen LogP contribution in [0.1, 0.15) is 68.6 Å². The van der Waals surface area contributed by atoms with Gasteiger partial charge in [0.15, 0.2) is 11.5 Å². The number of rotatable bonds is 2. The smallest absolute Gasteiger partial charge is 0.190 e. The molecule has 2 nitrogen and oxygen atoms in total. The Morgan fingerprint density at radius 1 is 0.718 bits per heavy atom. The maximum Gasteiger partial charge on any atom is 0.190 e. The Morgan fingerprint density at radius 3 is 2.03 bits per heavy atom. The predicted octanol–water partition coefficient (Wildman–Crippen LogP) is 11.4. The first-order valence-corrected chi connectivity index (χ1v) is 16.3. The molecule has 3 aromatic carbocycles. The van der Waals surface area contributed by atoms with Crippen molar-refractivity contribution in [1.82, 2.24) is 0 Å². The summed E-state index contributed by atoms with van der Waals surface area (Å²) in [5.74, 6) is 0.0345. The molecule has 1 aliphatic carbocycles. The van der Waals surface area contributed by atoms with Crippen molar-refractivity contribution in [2.75, 3.05) is 0 Å². The molecule has 6 rings (SSSR count). The highest BCUT2D eigenvalue weighted by Gasteiger charge is 2.33. The van der Waals surface area contributed by atoms with E-state index < -0.39 is 0 Å². The molecule has 2 heterocycles. The molecule has 0 fully saturated rings. The Bertz CT molecular complexity index is 1660. The largest absolute Gasteiger partial charge is 0.289 e. The van der Waals surface area contributed by atoms with Crippen molar-refractivity contribution < 1.29 is 9.90 Å². The number of carbonyl (C=O) groups excluding carboxylic acids is 1. The van der Waals surface area contributed by atoms with Gasteiger partial charge in [0.05, 0.1) is 8.47 Å². The van der Waals surface area contributed by atoms with Crippen molar-refractivity contribution in [1.29, 1.82) is 0 Å². The third-order valence-electron chi connectivity index (χ3n) is 7.17. The van der Waals surface area contributed by atoms with Gasteiger partial charge in [0.1, 0.15) is 0 Å². The molecule has 3 aliphatic rings. The van der Waals surface area contributed by atoms with Gasteiger partial charge in [-0.1, -0.05) is 113 Å². The van der Waals surface area contributed by atoms with Gasteiger partial charge in [-0.3, -0.25) is 9.90 Å². The SMILES string of the molecule is CC(C)(C)C1=Cc2cc(C(C)(C)C)c([O])c3cc(-c4ccc(C5=CSC(=C6SC=CS6)S5)cc4)cc(c23)C1=O. The fourth-order valence-electron chi connectivity index (χ4n) is 5.11. The summed E-state index contributed by atoms with van der Waals surface area (Å²) in [6.45, 7) is 12.4. The molecule has 6 heteroatoms. The number of benzene rings is 3. The van der Waals surface area contributed by atoms with E-state index in [1.54, 1.807) is 35.3 Å². The van der Waals surface area contributed by atoms with Gasteiger partial charge in [0.2, 0.25) is 0 Å². The van der Waals surface area contributed by atoms with Crippen LogP contribution in [0.25, 0.3) is 32.9 Å². The minimum absolute atomic E-state index is 0.0172. The van der Waals surface area contributed by atoms with E-state index in [0.29, 0.717) is 10.9 Å². The monoisotopic (exact) mass is 585 g/mol. The number of thioether (sulfide) groups is 4. The molecule has 39 heavy (non-hydrogen) atoms. The lowest BCUT2D eigenvalue weighted by Gasteiger charge is -2.29. The summed E-state index contributed by atoms with van der Waals surface area (Å²) in [5.41, 5.74) is 5.63. The zero-order chi connectivity index (χ0) is 27.7. The second kappa shape index (κ2) is 9.69. The number of hydrogen-bond acceptors (Lipinski definition) is 5. The number of ketones is 1. The van der Waals surface area contributed by atoms with Crippen LogP contribution in [-0.4, -0.2) is 5.78 Å². The topological polar surface area (TPSA) is 37.0 Å². The van der Waals surface area contributed by atoms with Gasteiger partial charge in [-0.2, -0.15) is 0 Å². The minimum Gasteiger partial charge on any atom is -0.289 e. The molecule has 2 aliphatic heterocycles. The molecule has 0 aromatic heterocycles. The Hall–Kier alpha value is -2.25. The minimum atomic E-state index is -0.304. The van der Waals surface area contributed by atoms with E-state index in [2.05, 4.69) is 82.0 Å². The van der Waals surface area contributed by atoms with Crippen LogP contribution in [0.3, 0.4) is 0 Å². The van der Waals surface area contributed by atoms with Crippen molar-refractivity contribution in [2.24, 2.45) is 5.41 Å². The second-order valence-corrected chi connectivity index (χ2v) is 16.3. The highest BCUT2D eigenvalue weighted by Crippen LogP contribution is 2.55. The van der Waals surface area contributed by atoms with Gasteiger partial charge in [-0.05, 0) is 73.6 Å². The molecule has 0 unspecified atom stereocenters. The molecule has 0 atom stereocenters. The first-order chi connectivity index (χ1) is 18.4. The summed E-state index contributed by atoms with van der Waals surface area (Å²) < 4.78 is 2.67. The highest BCUT2D eigenvalue weighted by molar-refractivity contribution is 8.35. The number of carbonyl (C=O) groups is 1. The molecule has 0 saturated heterocycles. The van der Waals surface area contributed by atoms with Crippen LogP contribution in [-0.2, 0) is 10.5 Å². The lowest BCUT2D eigenvalue weighted by molar-refractivity contribution is 0.101. The van der Waals surface area contributed by atoms with Gasteiger partial charge >= 0.3 is 0 Å². The van der Waals surface area contributed by atoms with E-state index in [-0.39, 0.29) is 22.4 Å². The lowest BCUT2D eigenvalue weighted by Crippen LogP contribution is -2.21. The molecular weight excluding hydrogens is 557 g/mol. The Labute approximate surface area is 247 Å². The van der Waals surface area contributed by atoms with Gasteiger partial charge < -0.3 is 0 Å². The van der Waals surface area contributed by atoms with Crippen molar-refractivity contribution in [3.05, 3.63) is 95.0 Å². The van der Waals surface area contributed by atoms with Gasteiger partial charge in [0.25, 0.3) is 0 Å². The number of Topliss-reactive ketones (excluding diaryl/α,β-unsaturated/α-hetero) is 1. The van der Waals surface area contributed by atoms with Crippen molar-refractivity contribution in [2.45, 2.75) is 47.0 Å². The highest BCUT2D eigenvalue weighted by atomic mass is 32.2. The molecule has 0 saturated carbocycles. The molecule has 0 bridgehead atoms. The quantitative estimate of drug-likeness (QED) is 0.299. The lowest BCUT2D eigenvalue weighted by atomic mass is 9.74. The fraction of sp³-hybridized carbons (Fsp3) is 0.242. The average Bonchev–Trinajstić information content (AvgIpc) is 3.58. The third kappa shape index (κ3) is 4.84. The van der Waals surface area contributed by atoms with Crippen LogP contribution in [0.15, 0.2) is 72.7 Å².